The number of hydrogen-bond acceptors (Lipinski definition) is 3. The molecule has 0 saturated carbocycles. The average molecular weight is 437 g/mol. The van der Waals surface area contributed by atoms with Gasteiger partial charge < -0.3 is 10.1 Å². The molecule has 158 valence electrons. The molecule has 0 saturated heterocycles. The number of pyridine rings is 1. The van der Waals surface area contributed by atoms with Gasteiger partial charge in [-0.3, -0.25) is 4.79 Å². The van der Waals surface area contributed by atoms with Crippen molar-refractivity contribution in [3.8, 4) is 17.0 Å². The highest BCUT2D eigenvalue weighted by molar-refractivity contribution is 6.07. The minimum absolute atomic E-state index is 0. The number of fused-ring (bicyclic) bond motifs is 1. The Bertz CT molecular complexity index is 1200. The van der Waals surface area contributed by atoms with Gasteiger partial charge in [-0.2, -0.15) is 0 Å². The summed E-state index contributed by atoms with van der Waals surface area (Å²) in [5, 5.41) is 3.77. The van der Waals surface area contributed by atoms with Gasteiger partial charge in [-0.1, -0.05) is 42.5 Å². The quantitative estimate of drug-likeness (QED) is 0.437. The Balaban J connectivity index is 0.00000272. The molecule has 1 heterocycles. The molecule has 0 aliphatic heterocycles. The molecule has 4 rings (SSSR count). The van der Waals surface area contributed by atoms with Crippen LogP contribution in [0.4, 0.5) is 4.39 Å². The number of carbonyl (C=O) groups excluding carboxylic acids is 1. The van der Waals surface area contributed by atoms with E-state index in [2.05, 4.69) is 5.32 Å². The number of halogens is 2. The second-order valence-corrected chi connectivity index (χ2v) is 6.94. The van der Waals surface area contributed by atoms with Crippen LogP contribution in [0.2, 0.25) is 0 Å². The Morgan fingerprint density at radius 2 is 1.77 bits per heavy atom. The Morgan fingerprint density at radius 3 is 2.55 bits per heavy atom. The molecule has 0 atom stereocenters. The maximum atomic E-state index is 13.0. The zero-order chi connectivity index (χ0) is 20.9. The lowest BCUT2D eigenvalue weighted by molar-refractivity contribution is 0.0955. The van der Waals surface area contributed by atoms with Gasteiger partial charge in [0.1, 0.15) is 11.6 Å². The number of benzene rings is 3. The van der Waals surface area contributed by atoms with Gasteiger partial charge >= 0.3 is 0 Å². The number of nitrogens with zero attached hydrogens (tertiary/aromatic N) is 1. The third-order valence-corrected chi connectivity index (χ3v) is 4.94. The van der Waals surface area contributed by atoms with Crippen LogP contribution in [-0.4, -0.2) is 24.5 Å². The monoisotopic (exact) mass is 436 g/mol. The van der Waals surface area contributed by atoms with E-state index >= 15 is 0 Å². The van der Waals surface area contributed by atoms with Crippen LogP contribution >= 0.6 is 12.4 Å². The minimum Gasteiger partial charge on any atom is -0.497 e. The predicted octanol–water partition coefficient (Wildman–Crippen LogP) is 5.44. The Labute approximate surface area is 186 Å². The summed E-state index contributed by atoms with van der Waals surface area (Å²) in [5.74, 6) is 0.295. The van der Waals surface area contributed by atoms with Crippen LogP contribution in [0, 0.1) is 5.82 Å². The minimum atomic E-state index is -0.267. The van der Waals surface area contributed by atoms with E-state index in [0.717, 1.165) is 27.8 Å². The highest BCUT2D eigenvalue weighted by Crippen LogP contribution is 2.27. The number of methoxy groups -OCH3 is 1. The van der Waals surface area contributed by atoms with Gasteiger partial charge in [0.2, 0.25) is 0 Å². The lowest BCUT2D eigenvalue weighted by Gasteiger charge is -2.11. The van der Waals surface area contributed by atoms with Crippen molar-refractivity contribution in [3.05, 3.63) is 95.8 Å². The van der Waals surface area contributed by atoms with E-state index in [9.17, 15) is 9.18 Å². The maximum absolute atomic E-state index is 13.0. The molecule has 0 fully saturated rings. The van der Waals surface area contributed by atoms with Gasteiger partial charge in [0.25, 0.3) is 5.91 Å². The second kappa shape index (κ2) is 10.0. The summed E-state index contributed by atoms with van der Waals surface area (Å²) in [5.41, 5.74) is 3.86. The second-order valence-electron chi connectivity index (χ2n) is 6.94. The van der Waals surface area contributed by atoms with Gasteiger partial charge in [0.15, 0.2) is 0 Å². The molecule has 1 amide bonds. The molecule has 6 heteroatoms. The average Bonchev–Trinajstić information content (AvgIpc) is 2.79. The van der Waals surface area contributed by atoms with Crippen LogP contribution in [0.1, 0.15) is 15.9 Å². The molecule has 3 aromatic carbocycles. The summed E-state index contributed by atoms with van der Waals surface area (Å²) in [6.45, 7) is 0.454. The summed E-state index contributed by atoms with van der Waals surface area (Å²) in [4.78, 5) is 17.7. The fourth-order valence-electron chi connectivity index (χ4n) is 3.36. The largest absolute Gasteiger partial charge is 0.497 e. The molecule has 0 bridgehead atoms. The highest BCUT2D eigenvalue weighted by atomic mass is 35.5. The van der Waals surface area contributed by atoms with Crippen LogP contribution in [0.25, 0.3) is 22.2 Å². The zero-order valence-corrected chi connectivity index (χ0v) is 17.8. The van der Waals surface area contributed by atoms with Crippen LogP contribution in [0.5, 0.6) is 5.75 Å². The number of hydrogen-bond donors (Lipinski definition) is 1. The smallest absolute Gasteiger partial charge is 0.252 e. The third kappa shape index (κ3) is 5.19. The first-order chi connectivity index (χ1) is 14.6. The number of carbonyl (C=O) groups is 1. The summed E-state index contributed by atoms with van der Waals surface area (Å²) in [7, 11) is 1.62. The fraction of sp³-hybridized carbons (Fsp3) is 0.120. The Morgan fingerprint density at radius 1 is 1.00 bits per heavy atom. The van der Waals surface area contributed by atoms with Crippen LogP contribution in [0.15, 0.2) is 78.9 Å². The SMILES string of the molecule is COc1cccc(-c2cc(C(=O)NCCc3ccc(F)cc3)c3ccccc3n2)c1.Cl. The number of ether oxygens (including phenoxy) is 1. The molecule has 0 spiro atoms. The van der Waals surface area contributed by atoms with E-state index in [-0.39, 0.29) is 24.1 Å². The highest BCUT2D eigenvalue weighted by Gasteiger charge is 2.14. The first-order valence-electron chi connectivity index (χ1n) is 9.71. The van der Waals surface area contributed by atoms with Gasteiger partial charge in [-0.05, 0) is 48.4 Å². The van der Waals surface area contributed by atoms with Crippen molar-refractivity contribution in [3.63, 3.8) is 0 Å². The van der Waals surface area contributed by atoms with E-state index in [0.29, 0.717) is 24.2 Å². The molecule has 4 nitrogen and oxygen atoms in total. The summed E-state index contributed by atoms with van der Waals surface area (Å²) in [6, 6.07) is 23.3. The summed E-state index contributed by atoms with van der Waals surface area (Å²) in [6.07, 6.45) is 0.623. The molecular weight excluding hydrogens is 415 g/mol. The van der Waals surface area contributed by atoms with E-state index in [1.807, 2.05) is 54.6 Å². The fourth-order valence-corrected chi connectivity index (χ4v) is 3.36. The number of para-hydroxylation sites is 1. The van der Waals surface area contributed by atoms with Crippen LogP contribution in [-0.2, 0) is 6.42 Å². The molecule has 0 unspecified atom stereocenters. The zero-order valence-electron chi connectivity index (χ0n) is 17.0. The molecule has 0 radical (unpaired) electrons. The molecule has 0 aliphatic carbocycles. The van der Waals surface area contributed by atoms with E-state index in [1.165, 1.54) is 12.1 Å². The molecule has 4 aromatic rings. The van der Waals surface area contributed by atoms with Crippen molar-refractivity contribution in [1.82, 2.24) is 10.3 Å². The third-order valence-electron chi connectivity index (χ3n) is 4.94. The molecular formula is C25H22ClFN2O2. The van der Waals surface area contributed by atoms with Crippen molar-refractivity contribution in [2.45, 2.75) is 6.42 Å². The standard InChI is InChI=1S/C25H21FN2O2.ClH/c1-30-20-6-4-5-18(15-20)24-16-22(21-7-2-3-8-23(21)28-24)25(29)27-14-13-17-9-11-19(26)12-10-17;/h2-12,15-16H,13-14H2,1H3,(H,27,29);1H. The Hall–Kier alpha value is -3.44. The lowest BCUT2D eigenvalue weighted by atomic mass is 10.0. The lowest BCUT2D eigenvalue weighted by Crippen LogP contribution is -2.26. The number of nitrogens with one attached hydrogen (secondary N) is 1. The van der Waals surface area contributed by atoms with Crippen LogP contribution in [0.3, 0.4) is 0 Å². The molecule has 0 aliphatic rings. The van der Waals surface area contributed by atoms with Crippen molar-refractivity contribution in [1.29, 1.82) is 0 Å². The van der Waals surface area contributed by atoms with Gasteiger partial charge in [-0.15, -0.1) is 12.4 Å². The van der Waals surface area contributed by atoms with Gasteiger partial charge in [-0.25, -0.2) is 9.37 Å². The number of rotatable bonds is 6. The van der Waals surface area contributed by atoms with E-state index in [4.69, 9.17) is 9.72 Å². The van der Waals surface area contributed by atoms with Crippen molar-refractivity contribution >= 4 is 29.2 Å². The molecule has 1 N–H and O–H groups in total. The van der Waals surface area contributed by atoms with Crippen molar-refractivity contribution in [2.75, 3.05) is 13.7 Å². The van der Waals surface area contributed by atoms with Gasteiger partial charge in [0.05, 0.1) is 23.9 Å². The summed E-state index contributed by atoms with van der Waals surface area (Å²) >= 11 is 0. The van der Waals surface area contributed by atoms with Gasteiger partial charge in [0, 0.05) is 17.5 Å². The van der Waals surface area contributed by atoms with Crippen LogP contribution < -0.4 is 10.1 Å². The topological polar surface area (TPSA) is 51.2 Å². The number of aromatic nitrogens is 1. The van der Waals surface area contributed by atoms with Crippen molar-refractivity contribution in [2.24, 2.45) is 0 Å². The molecule has 1 aromatic heterocycles. The Kier molecular flexibility index (Phi) is 7.21. The van der Waals surface area contributed by atoms with E-state index < -0.39 is 0 Å². The normalized spacial score (nSPS) is 10.4. The maximum Gasteiger partial charge on any atom is 0.252 e. The number of amides is 1. The first kappa shape index (κ1) is 22.2. The van der Waals surface area contributed by atoms with Crippen molar-refractivity contribution < 1.29 is 13.9 Å². The predicted molar refractivity (Wildman–Crippen MR) is 123 cm³/mol. The first-order valence-corrected chi connectivity index (χ1v) is 9.71. The summed E-state index contributed by atoms with van der Waals surface area (Å²) < 4.78 is 18.4. The van der Waals surface area contributed by atoms with E-state index in [1.54, 1.807) is 19.2 Å². The molecule has 31 heavy (non-hydrogen) atoms.